The van der Waals surface area contributed by atoms with E-state index in [1.54, 1.807) is 0 Å². The third kappa shape index (κ3) is 7.33. The van der Waals surface area contributed by atoms with Crippen molar-refractivity contribution in [3.63, 3.8) is 0 Å². The highest BCUT2D eigenvalue weighted by Gasteiger charge is 2.43. The molecule has 1 aromatic heterocycles. The highest BCUT2D eigenvalue weighted by molar-refractivity contribution is 5.85. The van der Waals surface area contributed by atoms with Gasteiger partial charge in [0.1, 0.15) is 0 Å². The van der Waals surface area contributed by atoms with Gasteiger partial charge in [-0.05, 0) is 115 Å². The molecule has 3 heteroatoms. The lowest BCUT2D eigenvalue weighted by Gasteiger charge is -2.36. The smallest absolute Gasteiger partial charge is 0.164 e. The highest BCUT2D eigenvalue weighted by atomic mass is 15.0. The summed E-state index contributed by atoms with van der Waals surface area (Å²) in [5.41, 5.74) is 20.7. The molecule has 314 valence electrons. The summed E-state index contributed by atoms with van der Waals surface area (Å²) in [4.78, 5) is 15.3. The maximum atomic E-state index is 5.12. The van der Waals surface area contributed by atoms with E-state index in [1.807, 2.05) is 12.1 Å². The number of aromatic nitrogens is 3. The Kier molecular flexibility index (Phi) is 10.1. The number of hydrogen-bond donors (Lipinski definition) is 0. The Hall–Kier alpha value is -8.01. The second-order valence-corrected chi connectivity index (χ2v) is 17.9. The van der Waals surface area contributed by atoms with Gasteiger partial charge in [0.05, 0.1) is 0 Å². The molecule has 10 aromatic rings. The molecule has 1 spiro atoms. The van der Waals surface area contributed by atoms with E-state index in [1.165, 1.54) is 76.6 Å². The van der Waals surface area contributed by atoms with E-state index < -0.39 is 0 Å². The van der Waals surface area contributed by atoms with E-state index in [-0.39, 0.29) is 5.41 Å². The van der Waals surface area contributed by atoms with Gasteiger partial charge in [-0.3, -0.25) is 0 Å². The molecule has 0 atom stereocenters. The molecule has 2 aliphatic rings. The highest BCUT2D eigenvalue weighted by Crippen LogP contribution is 2.56. The Morgan fingerprint density at radius 2 is 0.591 bits per heavy atom. The van der Waals surface area contributed by atoms with Crippen LogP contribution in [-0.4, -0.2) is 15.0 Å². The van der Waals surface area contributed by atoms with Crippen LogP contribution in [0.3, 0.4) is 0 Å². The van der Waals surface area contributed by atoms with E-state index in [0.717, 1.165) is 50.1 Å². The molecule has 1 saturated carbocycles. The average Bonchev–Trinajstić information content (AvgIpc) is 3.66. The van der Waals surface area contributed by atoms with Crippen LogP contribution < -0.4 is 0 Å². The lowest BCUT2D eigenvalue weighted by molar-refractivity contribution is 0.353. The fourth-order valence-corrected chi connectivity index (χ4v) is 10.6. The van der Waals surface area contributed by atoms with Gasteiger partial charge in [-0.15, -0.1) is 0 Å². The molecular weight excluding hydrogens is 799 g/mol. The summed E-state index contributed by atoms with van der Waals surface area (Å²) < 4.78 is 0. The van der Waals surface area contributed by atoms with Gasteiger partial charge in [0.15, 0.2) is 17.5 Å². The first kappa shape index (κ1) is 39.6. The molecule has 9 aromatic carbocycles. The minimum absolute atomic E-state index is 0.147. The van der Waals surface area contributed by atoms with Crippen molar-refractivity contribution in [2.24, 2.45) is 0 Å². The first-order valence-corrected chi connectivity index (χ1v) is 23.3. The lowest BCUT2D eigenvalue weighted by Crippen LogP contribution is -2.28. The second kappa shape index (κ2) is 16.8. The van der Waals surface area contributed by atoms with Crippen LogP contribution in [0.1, 0.15) is 43.2 Å². The number of hydrogen-bond acceptors (Lipinski definition) is 3. The summed E-state index contributed by atoms with van der Waals surface area (Å²) >= 11 is 0. The van der Waals surface area contributed by atoms with E-state index in [2.05, 4.69) is 212 Å². The SMILES string of the molecule is c1ccc(-c2cccc(-c3nc(-c4ccc(-c5ccc(-c6cccc(-c7ccc8c(c7)C7(CCCCC7)c7ccccc7-8)c6)cc5)cc4)nc(-c4cccc(-c5ccccc5)c4)n3)c2)cc1. The molecule has 12 rings (SSSR count). The molecule has 0 N–H and O–H groups in total. The monoisotopic (exact) mass is 845 g/mol. The quantitative estimate of drug-likeness (QED) is 0.153. The van der Waals surface area contributed by atoms with Crippen LogP contribution in [0.4, 0.5) is 0 Å². The van der Waals surface area contributed by atoms with Crippen molar-refractivity contribution >= 4 is 0 Å². The normalized spacial score (nSPS) is 13.6. The van der Waals surface area contributed by atoms with Crippen LogP contribution in [0.25, 0.3) is 101 Å². The molecule has 66 heavy (non-hydrogen) atoms. The maximum absolute atomic E-state index is 5.12. The van der Waals surface area contributed by atoms with Crippen molar-refractivity contribution in [2.75, 3.05) is 0 Å². The molecule has 1 fully saturated rings. The summed E-state index contributed by atoms with van der Waals surface area (Å²) in [5.74, 6) is 1.90. The summed E-state index contributed by atoms with van der Waals surface area (Å²) in [6, 6.07) is 80.8. The predicted molar refractivity (Wildman–Crippen MR) is 273 cm³/mol. The van der Waals surface area contributed by atoms with Gasteiger partial charge in [0.25, 0.3) is 0 Å². The van der Waals surface area contributed by atoms with Gasteiger partial charge in [0, 0.05) is 22.1 Å². The zero-order chi connectivity index (χ0) is 43.9. The van der Waals surface area contributed by atoms with Crippen LogP contribution in [-0.2, 0) is 5.41 Å². The van der Waals surface area contributed by atoms with E-state index in [9.17, 15) is 0 Å². The number of benzene rings is 9. The third-order valence-corrected chi connectivity index (χ3v) is 14.0. The second-order valence-electron chi connectivity index (χ2n) is 17.9. The molecule has 2 aliphatic carbocycles. The van der Waals surface area contributed by atoms with Crippen molar-refractivity contribution in [2.45, 2.75) is 37.5 Å². The molecule has 0 saturated heterocycles. The van der Waals surface area contributed by atoms with Crippen molar-refractivity contribution < 1.29 is 0 Å². The van der Waals surface area contributed by atoms with E-state index >= 15 is 0 Å². The minimum Gasteiger partial charge on any atom is -0.208 e. The van der Waals surface area contributed by atoms with Crippen molar-refractivity contribution in [3.8, 4) is 101 Å². The molecule has 1 heterocycles. The predicted octanol–water partition coefficient (Wildman–Crippen LogP) is 16.4. The molecule has 3 nitrogen and oxygen atoms in total. The van der Waals surface area contributed by atoms with Gasteiger partial charge in [0.2, 0.25) is 0 Å². The summed E-state index contributed by atoms with van der Waals surface area (Å²) in [7, 11) is 0. The number of nitrogens with zero attached hydrogens (tertiary/aromatic N) is 3. The molecule has 0 aliphatic heterocycles. The van der Waals surface area contributed by atoms with Crippen LogP contribution >= 0.6 is 0 Å². The summed E-state index contributed by atoms with van der Waals surface area (Å²) in [6.45, 7) is 0. The third-order valence-electron chi connectivity index (χ3n) is 14.0. The Morgan fingerprint density at radius 1 is 0.242 bits per heavy atom. The largest absolute Gasteiger partial charge is 0.208 e. The Bertz CT molecular complexity index is 3270. The zero-order valence-electron chi connectivity index (χ0n) is 36.7. The van der Waals surface area contributed by atoms with Crippen LogP contribution in [0.15, 0.2) is 224 Å². The summed E-state index contributed by atoms with van der Waals surface area (Å²) in [5, 5.41) is 0. The zero-order valence-corrected chi connectivity index (χ0v) is 36.7. The molecular formula is C63H47N3. The van der Waals surface area contributed by atoms with Gasteiger partial charge in [-0.2, -0.15) is 0 Å². The van der Waals surface area contributed by atoms with Crippen LogP contribution in [0.2, 0.25) is 0 Å². The fourth-order valence-electron chi connectivity index (χ4n) is 10.6. The van der Waals surface area contributed by atoms with E-state index in [0.29, 0.717) is 17.5 Å². The maximum Gasteiger partial charge on any atom is 0.164 e. The molecule has 0 unspecified atom stereocenters. The van der Waals surface area contributed by atoms with Gasteiger partial charge >= 0.3 is 0 Å². The molecule has 0 bridgehead atoms. The Labute approximate surface area is 387 Å². The minimum atomic E-state index is 0.147. The molecule has 0 amide bonds. The fraction of sp³-hybridized carbons (Fsp3) is 0.0952. The van der Waals surface area contributed by atoms with Gasteiger partial charge in [-0.25, -0.2) is 15.0 Å². The van der Waals surface area contributed by atoms with E-state index in [4.69, 9.17) is 15.0 Å². The van der Waals surface area contributed by atoms with Gasteiger partial charge < -0.3 is 0 Å². The van der Waals surface area contributed by atoms with Crippen LogP contribution in [0.5, 0.6) is 0 Å². The molecule has 0 radical (unpaired) electrons. The van der Waals surface area contributed by atoms with Crippen molar-refractivity contribution in [1.29, 1.82) is 0 Å². The Morgan fingerprint density at radius 3 is 1.14 bits per heavy atom. The Balaban J connectivity index is 0.841. The average molecular weight is 846 g/mol. The van der Waals surface area contributed by atoms with Gasteiger partial charge in [-0.1, -0.05) is 219 Å². The first-order valence-electron chi connectivity index (χ1n) is 23.3. The van der Waals surface area contributed by atoms with Crippen molar-refractivity contribution in [3.05, 3.63) is 236 Å². The lowest BCUT2D eigenvalue weighted by atomic mass is 9.67. The topological polar surface area (TPSA) is 38.7 Å². The van der Waals surface area contributed by atoms with Crippen molar-refractivity contribution in [1.82, 2.24) is 15.0 Å². The summed E-state index contributed by atoms with van der Waals surface area (Å²) in [6.07, 6.45) is 6.41. The number of fused-ring (bicyclic) bond motifs is 5. The first-order chi connectivity index (χ1) is 32.6. The van der Waals surface area contributed by atoms with Crippen LogP contribution in [0, 0.1) is 0 Å². The number of rotatable bonds is 8. The standard InChI is InChI=1S/C63H47N3/c1-4-15-43(16-5-1)50-20-13-23-54(40-50)61-64-60(65-62(66-61)55-24-14-21-51(41-55)44-17-6-2-7-18-44)48-33-31-46(32-34-48)45-27-29-47(30-28-45)49-19-12-22-52(39-49)53-35-36-57-56-25-8-9-26-58(56)63(59(57)42-53)37-10-3-11-38-63/h1-2,4-9,12-36,39-42H,3,10-11,37-38H2.